The predicted molar refractivity (Wildman–Crippen MR) is 130 cm³/mol. The maximum absolute atomic E-state index is 14.1. The smallest absolute Gasteiger partial charge is 0.338 e. The largest absolute Gasteiger partial charge is 0.493 e. The minimum atomic E-state index is -0.422. The van der Waals surface area contributed by atoms with Gasteiger partial charge >= 0.3 is 5.97 Å². The van der Waals surface area contributed by atoms with Gasteiger partial charge in [0.2, 0.25) is 5.91 Å². The van der Waals surface area contributed by atoms with E-state index in [0.717, 1.165) is 17.2 Å². The van der Waals surface area contributed by atoms with Crippen LogP contribution in [0.5, 0.6) is 5.75 Å². The van der Waals surface area contributed by atoms with Gasteiger partial charge in [0.05, 0.1) is 24.3 Å². The van der Waals surface area contributed by atoms with Gasteiger partial charge in [0.15, 0.2) is 0 Å². The van der Waals surface area contributed by atoms with E-state index < -0.39 is 5.97 Å². The molecule has 2 amide bonds. The van der Waals surface area contributed by atoms with Crippen molar-refractivity contribution in [3.05, 3.63) is 71.8 Å². The van der Waals surface area contributed by atoms with Gasteiger partial charge in [-0.2, -0.15) is 0 Å². The van der Waals surface area contributed by atoms with E-state index in [1.165, 1.54) is 0 Å². The van der Waals surface area contributed by atoms with Crippen LogP contribution in [0, 0.1) is 0 Å². The number of amides is 2. The molecule has 1 fully saturated rings. The number of hydrogen-bond donors (Lipinski definition) is 0. The fourth-order valence-corrected chi connectivity index (χ4v) is 4.16. The lowest BCUT2D eigenvalue weighted by Gasteiger charge is -2.29. The van der Waals surface area contributed by atoms with Crippen LogP contribution in [0.1, 0.15) is 47.4 Å². The highest BCUT2D eigenvalue weighted by atomic mass is 16.5. The van der Waals surface area contributed by atoms with Crippen molar-refractivity contribution in [2.24, 2.45) is 0 Å². The lowest BCUT2D eigenvalue weighted by Crippen LogP contribution is -2.42. The number of nitrogens with zero attached hydrogens (tertiary/aromatic N) is 2. The van der Waals surface area contributed by atoms with Crippen molar-refractivity contribution in [1.29, 1.82) is 0 Å². The van der Waals surface area contributed by atoms with Crippen molar-refractivity contribution < 1.29 is 23.9 Å². The summed E-state index contributed by atoms with van der Waals surface area (Å²) in [5.41, 5.74) is 1.42. The predicted octanol–water partition coefficient (Wildman–Crippen LogP) is 4.64. The first-order chi connectivity index (χ1) is 16.5. The zero-order valence-corrected chi connectivity index (χ0v) is 19.5. The molecule has 34 heavy (non-hydrogen) atoms. The number of carbonyl (C=O) groups is 3. The Labute approximate surface area is 198 Å². The van der Waals surface area contributed by atoms with Crippen LogP contribution in [0.25, 0.3) is 10.8 Å². The number of likely N-dealkylation sites (tertiary alicyclic amines) is 1. The molecule has 0 unspecified atom stereocenters. The molecule has 7 heteroatoms. The van der Waals surface area contributed by atoms with Crippen LogP contribution in [0.15, 0.2) is 60.7 Å². The number of rotatable bonds is 8. The molecule has 4 rings (SSSR count). The molecule has 1 aliphatic rings. The van der Waals surface area contributed by atoms with Gasteiger partial charge in [-0.15, -0.1) is 0 Å². The summed E-state index contributed by atoms with van der Waals surface area (Å²) in [5.74, 6) is -0.186. The van der Waals surface area contributed by atoms with E-state index in [4.69, 9.17) is 9.47 Å². The molecule has 0 atom stereocenters. The van der Waals surface area contributed by atoms with Crippen molar-refractivity contribution in [2.45, 2.75) is 26.7 Å². The van der Waals surface area contributed by atoms with E-state index in [1.807, 2.05) is 43.3 Å². The Morgan fingerprint density at radius 1 is 0.971 bits per heavy atom. The van der Waals surface area contributed by atoms with E-state index in [-0.39, 0.29) is 25.1 Å². The van der Waals surface area contributed by atoms with Gasteiger partial charge in [0.25, 0.3) is 5.91 Å². The maximum Gasteiger partial charge on any atom is 0.338 e. The van der Waals surface area contributed by atoms with Crippen LogP contribution in [0.3, 0.4) is 0 Å². The molecule has 3 aromatic carbocycles. The molecule has 0 spiro atoms. The summed E-state index contributed by atoms with van der Waals surface area (Å²) >= 11 is 0. The molecule has 0 N–H and O–H groups in total. The zero-order valence-electron chi connectivity index (χ0n) is 19.5. The molecular formula is C27H28N2O5. The normalized spacial score (nSPS) is 13.2. The van der Waals surface area contributed by atoms with Gasteiger partial charge < -0.3 is 14.4 Å². The summed E-state index contributed by atoms with van der Waals surface area (Å²) in [5, 5.41) is 1.70. The number of hydrogen-bond acceptors (Lipinski definition) is 5. The fourth-order valence-electron chi connectivity index (χ4n) is 4.16. The first kappa shape index (κ1) is 23.3. The topological polar surface area (TPSA) is 76.2 Å². The fraction of sp³-hybridized carbons (Fsp3) is 0.296. The minimum Gasteiger partial charge on any atom is -0.493 e. The van der Waals surface area contributed by atoms with Gasteiger partial charge in [0, 0.05) is 18.7 Å². The quantitative estimate of drug-likeness (QED) is 0.458. The number of fused-ring (bicyclic) bond motifs is 1. The molecule has 0 aliphatic carbocycles. The van der Waals surface area contributed by atoms with E-state index in [9.17, 15) is 14.4 Å². The average Bonchev–Trinajstić information content (AvgIpc) is 3.26. The monoisotopic (exact) mass is 460 g/mol. The molecule has 176 valence electrons. The summed E-state index contributed by atoms with van der Waals surface area (Å²) in [6.45, 7) is 5.03. The Morgan fingerprint density at radius 2 is 1.74 bits per heavy atom. The minimum absolute atomic E-state index is 0.0175. The van der Waals surface area contributed by atoms with Crippen LogP contribution < -0.4 is 9.64 Å². The lowest BCUT2D eigenvalue weighted by atomic mass is 10.0. The second-order valence-electron chi connectivity index (χ2n) is 8.00. The van der Waals surface area contributed by atoms with E-state index in [0.29, 0.717) is 42.1 Å². The van der Waals surface area contributed by atoms with Crippen LogP contribution in [0.2, 0.25) is 0 Å². The SMILES string of the molecule is CCOC(=O)c1ccc(N(CN2CCCC2=O)C(=O)c2c(OCC)ccc3ccccc23)cc1. The summed E-state index contributed by atoms with van der Waals surface area (Å²) in [4.78, 5) is 41.8. The van der Waals surface area contributed by atoms with Crippen LogP contribution >= 0.6 is 0 Å². The Morgan fingerprint density at radius 3 is 2.41 bits per heavy atom. The van der Waals surface area contributed by atoms with Crippen molar-refractivity contribution in [1.82, 2.24) is 4.90 Å². The standard InChI is InChI=1S/C27H28N2O5/c1-3-33-23-16-13-19-8-5-6-9-22(19)25(23)26(31)29(18-28-17-7-10-24(28)30)21-14-11-20(12-15-21)27(32)34-4-2/h5-6,8-9,11-16H,3-4,7,10,17-18H2,1-2H3. The van der Waals surface area contributed by atoms with Crippen molar-refractivity contribution in [2.75, 3.05) is 31.3 Å². The molecule has 0 bridgehead atoms. The number of ether oxygens (including phenoxy) is 2. The second kappa shape index (κ2) is 10.4. The third kappa shape index (κ3) is 4.73. The average molecular weight is 461 g/mol. The van der Waals surface area contributed by atoms with E-state index in [1.54, 1.807) is 41.0 Å². The van der Waals surface area contributed by atoms with Crippen molar-refractivity contribution >= 4 is 34.2 Å². The summed E-state index contributed by atoms with van der Waals surface area (Å²) in [6, 6.07) is 18.1. The highest BCUT2D eigenvalue weighted by Gasteiger charge is 2.29. The second-order valence-corrected chi connectivity index (χ2v) is 8.00. The third-order valence-corrected chi connectivity index (χ3v) is 5.82. The molecule has 1 aliphatic heterocycles. The van der Waals surface area contributed by atoms with Crippen LogP contribution in [-0.4, -0.2) is 49.1 Å². The van der Waals surface area contributed by atoms with Crippen LogP contribution in [0.4, 0.5) is 5.69 Å². The van der Waals surface area contributed by atoms with Gasteiger partial charge in [-0.05, 0) is 61.4 Å². The Hall–Kier alpha value is -3.87. The Bertz CT molecular complexity index is 1210. The number of benzene rings is 3. The molecule has 7 nitrogen and oxygen atoms in total. The van der Waals surface area contributed by atoms with Crippen molar-refractivity contribution in [3.8, 4) is 5.75 Å². The first-order valence-electron chi connectivity index (χ1n) is 11.5. The summed E-state index contributed by atoms with van der Waals surface area (Å²) in [7, 11) is 0. The maximum atomic E-state index is 14.1. The van der Waals surface area contributed by atoms with Gasteiger partial charge in [-0.3, -0.25) is 14.5 Å². The molecule has 3 aromatic rings. The Balaban J connectivity index is 1.78. The zero-order chi connectivity index (χ0) is 24.1. The highest BCUT2D eigenvalue weighted by Crippen LogP contribution is 2.31. The lowest BCUT2D eigenvalue weighted by molar-refractivity contribution is -0.127. The molecule has 0 radical (unpaired) electrons. The van der Waals surface area contributed by atoms with Gasteiger partial charge in [0.1, 0.15) is 12.4 Å². The van der Waals surface area contributed by atoms with E-state index >= 15 is 0 Å². The number of esters is 1. The van der Waals surface area contributed by atoms with Gasteiger partial charge in [-0.25, -0.2) is 4.79 Å². The molecule has 1 saturated heterocycles. The molecule has 1 heterocycles. The molecule has 0 saturated carbocycles. The number of anilines is 1. The first-order valence-corrected chi connectivity index (χ1v) is 11.5. The molecule has 0 aromatic heterocycles. The summed E-state index contributed by atoms with van der Waals surface area (Å²) < 4.78 is 10.9. The summed E-state index contributed by atoms with van der Waals surface area (Å²) in [6.07, 6.45) is 1.24. The van der Waals surface area contributed by atoms with Crippen molar-refractivity contribution in [3.63, 3.8) is 0 Å². The number of carbonyl (C=O) groups excluding carboxylic acids is 3. The molecular weight excluding hydrogens is 432 g/mol. The van der Waals surface area contributed by atoms with Gasteiger partial charge in [-0.1, -0.05) is 30.3 Å². The highest BCUT2D eigenvalue weighted by molar-refractivity contribution is 6.16. The van der Waals surface area contributed by atoms with E-state index in [2.05, 4.69) is 0 Å². The van der Waals surface area contributed by atoms with Crippen LogP contribution in [-0.2, 0) is 9.53 Å². The third-order valence-electron chi connectivity index (χ3n) is 5.82. The Kier molecular flexibility index (Phi) is 7.11.